The predicted molar refractivity (Wildman–Crippen MR) is 109 cm³/mol. The summed E-state index contributed by atoms with van der Waals surface area (Å²) in [5.41, 5.74) is 0. The van der Waals surface area contributed by atoms with Crippen LogP contribution in [0.4, 0.5) is 0 Å². The van der Waals surface area contributed by atoms with E-state index >= 15 is 0 Å². The highest BCUT2D eigenvalue weighted by molar-refractivity contribution is 7.12. The molecular formula is C20H28N4O4S. The maximum Gasteiger partial charge on any atom is 0.264 e. The van der Waals surface area contributed by atoms with Crippen LogP contribution in [0.25, 0.3) is 0 Å². The van der Waals surface area contributed by atoms with Crippen LogP contribution in [0.5, 0.6) is 0 Å². The Morgan fingerprint density at radius 1 is 1.00 bits per heavy atom. The molecule has 0 radical (unpaired) electrons. The lowest BCUT2D eigenvalue weighted by molar-refractivity contribution is -0.139. The van der Waals surface area contributed by atoms with Gasteiger partial charge in [0.05, 0.1) is 24.6 Å². The molecule has 0 spiro atoms. The van der Waals surface area contributed by atoms with Crippen molar-refractivity contribution in [3.8, 4) is 0 Å². The highest BCUT2D eigenvalue weighted by atomic mass is 32.1. The summed E-state index contributed by atoms with van der Waals surface area (Å²) in [6.45, 7) is 6.16. The van der Waals surface area contributed by atoms with Gasteiger partial charge in [0.2, 0.25) is 11.8 Å². The molecular weight excluding hydrogens is 392 g/mol. The largest absolute Gasteiger partial charge is 0.378 e. The molecule has 1 aromatic heterocycles. The third-order valence-electron chi connectivity index (χ3n) is 5.94. The number of amides is 3. The Morgan fingerprint density at radius 3 is 2.45 bits per heavy atom. The number of thiophene rings is 1. The van der Waals surface area contributed by atoms with Crippen molar-refractivity contribution in [3.63, 3.8) is 0 Å². The van der Waals surface area contributed by atoms with Crippen molar-refractivity contribution in [1.29, 1.82) is 0 Å². The van der Waals surface area contributed by atoms with Crippen LogP contribution >= 0.6 is 11.3 Å². The molecule has 3 amide bonds. The monoisotopic (exact) mass is 420 g/mol. The van der Waals surface area contributed by atoms with Gasteiger partial charge in [-0.2, -0.15) is 0 Å². The average molecular weight is 421 g/mol. The Balaban J connectivity index is 1.28. The first-order valence-corrected chi connectivity index (χ1v) is 11.2. The van der Waals surface area contributed by atoms with Crippen molar-refractivity contribution >= 4 is 29.1 Å². The second-order valence-corrected chi connectivity index (χ2v) is 8.68. The van der Waals surface area contributed by atoms with Gasteiger partial charge in [-0.15, -0.1) is 11.3 Å². The van der Waals surface area contributed by atoms with E-state index in [4.69, 9.17) is 4.74 Å². The molecule has 158 valence electrons. The lowest BCUT2D eigenvalue weighted by Gasteiger charge is -2.38. The van der Waals surface area contributed by atoms with Gasteiger partial charge in [-0.25, -0.2) is 0 Å². The van der Waals surface area contributed by atoms with Crippen LogP contribution in [0, 0.1) is 0 Å². The van der Waals surface area contributed by atoms with Crippen molar-refractivity contribution in [2.75, 3.05) is 65.6 Å². The van der Waals surface area contributed by atoms with Crippen LogP contribution in [0.3, 0.4) is 0 Å². The van der Waals surface area contributed by atoms with E-state index in [-0.39, 0.29) is 23.8 Å². The van der Waals surface area contributed by atoms with Crippen LogP contribution in [0.15, 0.2) is 17.5 Å². The summed E-state index contributed by atoms with van der Waals surface area (Å²) >= 11 is 1.42. The quantitative estimate of drug-likeness (QED) is 0.703. The fraction of sp³-hybridized carbons (Fsp3) is 0.650. The number of hydrogen-bond donors (Lipinski definition) is 0. The number of carbonyl (C=O) groups is 3. The zero-order chi connectivity index (χ0) is 20.2. The smallest absolute Gasteiger partial charge is 0.264 e. The van der Waals surface area contributed by atoms with Crippen molar-refractivity contribution in [1.82, 2.24) is 19.6 Å². The Labute approximate surface area is 175 Å². The van der Waals surface area contributed by atoms with Crippen molar-refractivity contribution in [3.05, 3.63) is 22.4 Å². The van der Waals surface area contributed by atoms with E-state index in [1.165, 1.54) is 11.3 Å². The third-order valence-corrected chi connectivity index (χ3v) is 6.80. The van der Waals surface area contributed by atoms with Crippen molar-refractivity contribution < 1.29 is 19.1 Å². The highest BCUT2D eigenvalue weighted by Crippen LogP contribution is 2.24. The SMILES string of the molecule is O=C(CN1CCN(C(=O)[C@H]2CCCN2C(=O)c2cccs2)CC1)N1CCOCC1. The number of carbonyl (C=O) groups excluding carboxylic acids is 3. The number of likely N-dealkylation sites (tertiary alicyclic amines) is 1. The average Bonchev–Trinajstić information content (AvgIpc) is 3.46. The van der Waals surface area contributed by atoms with Crippen molar-refractivity contribution in [2.24, 2.45) is 0 Å². The molecule has 9 heteroatoms. The first-order valence-electron chi connectivity index (χ1n) is 10.3. The van der Waals surface area contributed by atoms with Crippen LogP contribution in [0.2, 0.25) is 0 Å². The molecule has 29 heavy (non-hydrogen) atoms. The number of rotatable bonds is 4. The first kappa shape index (κ1) is 20.3. The van der Waals surface area contributed by atoms with E-state index in [2.05, 4.69) is 4.90 Å². The van der Waals surface area contributed by atoms with Gasteiger partial charge in [-0.1, -0.05) is 6.07 Å². The Hall–Kier alpha value is -1.97. The summed E-state index contributed by atoms with van der Waals surface area (Å²) in [5, 5.41) is 1.89. The van der Waals surface area contributed by atoms with Crippen LogP contribution in [-0.4, -0.2) is 109 Å². The standard InChI is InChI=1S/C20H28N4O4S/c25-18(22-10-12-28-13-11-22)15-21-6-8-23(9-7-21)19(26)16-3-1-5-24(16)20(27)17-4-2-14-29-17/h2,4,14,16H,1,3,5-13,15H2/t16-/m1/s1. The molecule has 4 rings (SSSR count). The maximum absolute atomic E-state index is 13.1. The third kappa shape index (κ3) is 4.62. The van der Waals surface area contributed by atoms with Gasteiger partial charge >= 0.3 is 0 Å². The fourth-order valence-electron chi connectivity index (χ4n) is 4.25. The summed E-state index contributed by atoms with van der Waals surface area (Å²) in [4.78, 5) is 46.5. The lowest BCUT2D eigenvalue weighted by atomic mass is 10.1. The van der Waals surface area contributed by atoms with Crippen LogP contribution in [0.1, 0.15) is 22.5 Å². The first-order chi connectivity index (χ1) is 14.1. The molecule has 0 saturated carbocycles. The van der Waals surface area contributed by atoms with Crippen molar-refractivity contribution in [2.45, 2.75) is 18.9 Å². The van der Waals surface area contributed by atoms with Crippen LogP contribution in [-0.2, 0) is 14.3 Å². The minimum absolute atomic E-state index is 0.0365. The molecule has 8 nitrogen and oxygen atoms in total. The van der Waals surface area contributed by atoms with E-state index in [1.807, 2.05) is 27.3 Å². The number of hydrogen-bond acceptors (Lipinski definition) is 6. The Kier molecular flexibility index (Phi) is 6.46. The van der Waals surface area contributed by atoms with E-state index in [1.54, 1.807) is 4.90 Å². The summed E-state index contributed by atoms with van der Waals surface area (Å²) in [6, 6.07) is 3.32. The molecule has 1 aromatic rings. The van der Waals surface area contributed by atoms with Gasteiger partial charge < -0.3 is 19.4 Å². The van der Waals surface area contributed by atoms with Crippen LogP contribution < -0.4 is 0 Å². The normalized spacial score (nSPS) is 23.4. The van der Waals surface area contributed by atoms with Gasteiger partial charge in [0, 0.05) is 45.8 Å². The second kappa shape index (κ2) is 9.23. The molecule has 3 aliphatic rings. The van der Waals surface area contributed by atoms with E-state index in [9.17, 15) is 14.4 Å². The van der Waals surface area contributed by atoms with Gasteiger partial charge in [0.25, 0.3) is 5.91 Å². The summed E-state index contributed by atoms with van der Waals surface area (Å²) in [7, 11) is 0. The predicted octanol–water partition coefficient (Wildman–Crippen LogP) is 0.356. The number of nitrogens with zero attached hydrogens (tertiary/aromatic N) is 4. The molecule has 3 fully saturated rings. The minimum atomic E-state index is -0.355. The second-order valence-electron chi connectivity index (χ2n) is 7.73. The lowest BCUT2D eigenvalue weighted by Crippen LogP contribution is -2.56. The molecule has 0 aliphatic carbocycles. The molecule has 0 bridgehead atoms. The fourth-order valence-corrected chi connectivity index (χ4v) is 4.93. The molecule has 0 unspecified atom stereocenters. The molecule has 0 aromatic carbocycles. The van der Waals surface area contributed by atoms with Gasteiger partial charge in [0.1, 0.15) is 6.04 Å². The zero-order valence-electron chi connectivity index (χ0n) is 16.6. The summed E-state index contributed by atoms with van der Waals surface area (Å²) in [6.07, 6.45) is 1.59. The van der Waals surface area contributed by atoms with E-state index < -0.39 is 0 Å². The summed E-state index contributed by atoms with van der Waals surface area (Å²) < 4.78 is 5.30. The molecule has 3 saturated heterocycles. The highest BCUT2D eigenvalue weighted by Gasteiger charge is 2.38. The number of morpholine rings is 1. The Bertz CT molecular complexity index is 727. The van der Waals surface area contributed by atoms with Gasteiger partial charge in [0.15, 0.2) is 0 Å². The van der Waals surface area contributed by atoms with E-state index in [0.717, 1.165) is 12.8 Å². The molecule has 1 atom stereocenters. The summed E-state index contributed by atoms with van der Waals surface area (Å²) in [5.74, 6) is 0.147. The zero-order valence-corrected chi connectivity index (χ0v) is 17.4. The van der Waals surface area contributed by atoms with E-state index in [0.29, 0.717) is 70.4 Å². The topological polar surface area (TPSA) is 73.4 Å². The van der Waals surface area contributed by atoms with Gasteiger partial charge in [-0.05, 0) is 24.3 Å². The van der Waals surface area contributed by atoms with Gasteiger partial charge in [-0.3, -0.25) is 19.3 Å². The molecule has 4 heterocycles. The number of piperazine rings is 1. The number of ether oxygens (including phenoxy) is 1. The molecule has 0 N–H and O–H groups in total. The Morgan fingerprint density at radius 2 is 1.76 bits per heavy atom. The maximum atomic E-state index is 13.1. The minimum Gasteiger partial charge on any atom is -0.378 e. The molecule has 3 aliphatic heterocycles.